The largest absolute Gasteiger partial charge is 0.369 e. The lowest BCUT2D eigenvalue weighted by Crippen LogP contribution is -2.01. The lowest BCUT2D eigenvalue weighted by molar-refractivity contribution is 0.685. The average molecular weight is 250 g/mol. The summed E-state index contributed by atoms with van der Waals surface area (Å²) >= 11 is 1.59. The van der Waals surface area contributed by atoms with Crippen molar-refractivity contribution >= 4 is 17.6 Å². The summed E-state index contributed by atoms with van der Waals surface area (Å²) in [5.41, 5.74) is 0.930. The molecule has 0 saturated heterocycles. The van der Waals surface area contributed by atoms with Crippen molar-refractivity contribution in [2.24, 2.45) is 7.05 Å². The van der Waals surface area contributed by atoms with Crippen molar-refractivity contribution in [2.45, 2.75) is 17.8 Å². The maximum atomic E-state index is 4.32. The fourth-order valence-electron chi connectivity index (χ4n) is 1.26. The van der Waals surface area contributed by atoms with Gasteiger partial charge in [-0.15, -0.1) is 0 Å². The molecule has 0 unspecified atom stereocenters. The van der Waals surface area contributed by atoms with E-state index in [1.165, 1.54) is 0 Å². The first-order chi connectivity index (χ1) is 8.29. The molecule has 0 spiro atoms. The summed E-state index contributed by atoms with van der Waals surface area (Å²) in [6, 6.07) is 0. The molecule has 0 aromatic carbocycles. The number of hydrogen-bond acceptors (Lipinski definition) is 6. The molecule has 0 radical (unpaired) electrons. The Hall–Kier alpha value is -1.63. The number of aryl methyl sites for hydroxylation is 1. The first-order valence-electron chi connectivity index (χ1n) is 5.31. The first-order valence-corrected chi connectivity index (χ1v) is 6.29. The van der Waals surface area contributed by atoms with Gasteiger partial charge in [0.25, 0.3) is 0 Å². The summed E-state index contributed by atoms with van der Waals surface area (Å²) in [5, 5.41) is 7.99. The number of aromatic nitrogens is 5. The topological polar surface area (TPSA) is 68.5 Å². The van der Waals surface area contributed by atoms with Crippen LogP contribution in [0.15, 0.2) is 23.9 Å². The Morgan fingerprint density at radius 3 is 2.76 bits per heavy atom. The Labute approximate surface area is 104 Å². The first kappa shape index (κ1) is 11.8. The molecule has 0 aliphatic heterocycles. The van der Waals surface area contributed by atoms with Gasteiger partial charge in [0.2, 0.25) is 0 Å². The summed E-state index contributed by atoms with van der Waals surface area (Å²) in [7, 11) is 1.87. The van der Waals surface area contributed by atoms with Gasteiger partial charge in [-0.25, -0.2) is 14.6 Å². The predicted octanol–water partition coefficient (Wildman–Crippen LogP) is 1.33. The van der Waals surface area contributed by atoms with Crippen LogP contribution in [0.2, 0.25) is 0 Å². The zero-order valence-corrected chi connectivity index (χ0v) is 10.6. The number of thioether (sulfide) groups is 1. The Morgan fingerprint density at radius 1 is 1.29 bits per heavy atom. The fraction of sp³-hybridized carbons (Fsp3) is 0.400. The van der Waals surface area contributed by atoms with Gasteiger partial charge in [0.15, 0.2) is 5.16 Å². The van der Waals surface area contributed by atoms with E-state index in [4.69, 9.17) is 0 Å². The molecule has 6 nitrogen and oxygen atoms in total. The second kappa shape index (κ2) is 5.62. The number of nitrogens with one attached hydrogen (secondary N) is 1. The maximum absolute atomic E-state index is 4.32. The van der Waals surface area contributed by atoms with E-state index >= 15 is 0 Å². The van der Waals surface area contributed by atoms with Crippen LogP contribution in [-0.4, -0.2) is 31.3 Å². The number of hydrogen-bond donors (Lipinski definition) is 1. The molecule has 2 rings (SSSR count). The Morgan fingerprint density at radius 2 is 2.18 bits per heavy atom. The van der Waals surface area contributed by atoms with Gasteiger partial charge in [-0.1, -0.05) is 11.8 Å². The highest BCUT2D eigenvalue weighted by Crippen LogP contribution is 2.18. The SMILES string of the molecule is CCNc1cnc(CSc2ncnn2C)cn1. The lowest BCUT2D eigenvalue weighted by Gasteiger charge is -2.03. The van der Waals surface area contributed by atoms with Crippen molar-refractivity contribution in [2.75, 3.05) is 11.9 Å². The molecule has 0 amide bonds. The summed E-state index contributed by atoms with van der Waals surface area (Å²) in [6.07, 6.45) is 5.07. The molecule has 7 heteroatoms. The molecule has 2 heterocycles. The van der Waals surface area contributed by atoms with Crippen molar-refractivity contribution in [3.63, 3.8) is 0 Å². The van der Waals surface area contributed by atoms with Crippen molar-refractivity contribution in [1.29, 1.82) is 0 Å². The third-order valence-corrected chi connectivity index (χ3v) is 3.15. The van der Waals surface area contributed by atoms with E-state index in [1.807, 2.05) is 14.0 Å². The molecule has 2 aromatic rings. The molecular weight excluding hydrogens is 236 g/mol. The molecule has 0 aliphatic carbocycles. The average Bonchev–Trinajstić information content (AvgIpc) is 2.75. The molecule has 0 saturated carbocycles. The molecule has 0 fully saturated rings. The molecule has 0 aliphatic rings. The van der Waals surface area contributed by atoms with E-state index in [1.54, 1.807) is 35.2 Å². The Kier molecular flexibility index (Phi) is 3.92. The maximum Gasteiger partial charge on any atom is 0.186 e. The van der Waals surface area contributed by atoms with Crippen LogP contribution in [0.3, 0.4) is 0 Å². The Bertz CT molecular complexity index is 466. The number of anilines is 1. The van der Waals surface area contributed by atoms with E-state index in [0.29, 0.717) is 0 Å². The molecule has 90 valence electrons. The summed E-state index contributed by atoms with van der Waals surface area (Å²) < 4.78 is 1.74. The van der Waals surface area contributed by atoms with Crippen molar-refractivity contribution in [3.8, 4) is 0 Å². The van der Waals surface area contributed by atoms with Crippen LogP contribution in [0.25, 0.3) is 0 Å². The van der Waals surface area contributed by atoms with Gasteiger partial charge < -0.3 is 5.32 Å². The van der Waals surface area contributed by atoms with Crippen LogP contribution in [0.4, 0.5) is 5.82 Å². The standard InChI is InChI=1S/C10H14N6S/c1-3-11-9-5-12-8(4-13-9)6-17-10-14-7-15-16(10)2/h4-5,7H,3,6H2,1-2H3,(H,11,13). The molecule has 1 N–H and O–H groups in total. The second-order valence-corrected chi connectivity index (χ2v) is 4.32. The monoisotopic (exact) mass is 250 g/mol. The lowest BCUT2D eigenvalue weighted by atomic mass is 10.5. The smallest absolute Gasteiger partial charge is 0.186 e. The van der Waals surface area contributed by atoms with E-state index in [9.17, 15) is 0 Å². The molecular formula is C10H14N6S. The van der Waals surface area contributed by atoms with Crippen LogP contribution in [-0.2, 0) is 12.8 Å². The minimum absolute atomic E-state index is 0.742. The second-order valence-electron chi connectivity index (χ2n) is 3.38. The quantitative estimate of drug-likeness (QED) is 0.807. The molecule has 0 atom stereocenters. The van der Waals surface area contributed by atoms with Crippen LogP contribution < -0.4 is 5.32 Å². The van der Waals surface area contributed by atoms with E-state index < -0.39 is 0 Å². The van der Waals surface area contributed by atoms with Crippen molar-refractivity contribution in [3.05, 3.63) is 24.4 Å². The third-order valence-electron chi connectivity index (χ3n) is 2.08. The Balaban J connectivity index is 1.93. The zero-order chi connectivity index (χ0) is 12.1. The highest BCUT2D eigenvalue weighted by Gasteiger charge is 2.03. The fourth-order valence-corrected chi connectivity index (χ4v) is 2.04. The minimum Gasteiger partial charge on any atom is -0.369 e. The molecule has 0 bridgehead atoms. The van der Waals surface area contributed by atoms with Crippen molar-refractivity contribution in [1.82, 2.24) is 24.7 Å². The van der Waals surface area contributed by atoms with Crippen molar-refractivity contribution < 1.29 is 0 Å². The highest BCUT2D eigenvalue weighted by molar-refractivity contribution is 7.98. The molecule has 17 heavy (non-hydrogen) atoms. The minimum atomic E-state index is 0.742. The van der Waals surface area contributed by atoms with Crippen LogP contribution in [0, 0.1) is 0 Å². The van der Waals surface area contributed by atoms with Gasteiger partial charge in [0, 0.05) is 19.3 Å². The highest BCUT2D eigenvalue weighted by atomic mass is 32.2. The number of nitrogens with zero attached hydrogens (tertiary/aromatic N) is 5. The van der Waals surface area contributed by atoms with Crippen LogP contribution in [0.1, 0.15) is 12.6 Å². The van der Waals surface area contributed by atoms with Gasteiger partial charge in [-0.2, -0.15) is 5.10 Å². The van der Waals surface area contributed by atoms with Gasteiger partial charge >= 0.3 is 0 Å². The number of rotatable bonds is 5. The van der Waals surface area contributed by atoms with Gasteiger partial charge in [-0.05, 0) is 6.92 Å². The van der Waals surface area contributed by atoms with Crippen LogP contribution in [0.5, 0.6) is 0 Å². The normalized spacial score (nSPS) is 10.5. The van der Waals surface area contributed by atoms with Gasteiger partial charge in [-0.3, -0.25) is 4.98 Å². The van der Waals surface area contributed by atoms with E-state index in [-0.39, 0.29) is 0 Å². The summed E-state index contributed by atoms with van der Waals surface area (Å²) in [4.78, 5) is 12.7. The summed E-state index contributed by atoms with van der Waals surface area (Å²) in [6.45, 7) is 2.88. The predicted molar refractivity (Wildman–Crippen MR) is 66.8 cm³/mol. The summed E-state index contributed by atoms with van der Waals surface area (Å²) in [5.74, 6) is 1.55. The van der Waals surface area contributed by atoms with Gasteiger partial charge in [0.05, 0.1) is 18.1 Å². The third kappa shape index (κ3) is 3.16. The van der Waals surface area contributed by atoms with Crippen LogP contribution >= 0.6 is 11.8 Å². The van der Waals surface area contributed by atoms with E-state index in [2.05, 4.69) is 25.4 Å². The van der Waals surface area contributed by atoms with E-state index in [0.717, 1.165) is 29.0 Å². The van der Waals surface area contributed by atoms with Gasteiger partial charge in [0.1, 0.15) is 12.1 Å². The zero-order valence-electron chi connectivity index (χ0n) is 9.79. The molecule has 2 aromatic heterocycles.